The Morgan fingerprint density at radius 1 is 1.37 bits per heavy atom. The van der Waals surface area contributed by atoms with Crippen LogP contribution in [0.3, 0.4) is 0 Å². The molecule has 0 aliphatic heterocycles. The molecular weight excluding hydrogens is 238 g/mol. The van der Waals surface area contributed by atoms with Crippen LogP contribution in [-0.4, -0.2) is 19.6 Å². The topological polar surface area (TPSA) is 47.7 Å². The number of anilines is 1. The van der Waals surface area contributed by atoms with Crippen molar-refractivity contribution in [2.45, 2.75) is 47.3 Å². The van der Waals surface area contributed by atoms with E-state index in [2.05, 4.69) is 53.2 Å². The van der Waals surface area contributed by atoms with Crippen molar-refractivity contribution < 1.29 is 0 Å². The molecule has 0 radical (unpaired) electrons. The molecule has 0 atom stereocenters. The second kappa shape index (κ2) is 5.91. The molecular formula is C14H23N5. The molecule has 19 heavy (non-hydrogen) atoms. The van der Waals surface area contributed by atoms with Crippen LogP contribution in [0.2, 0.25) is 0 Å². The fourth-order valence-electron chi connectivity index (χ4n) is 2.06. The highest BCUT2D eigenvalue weighted by Crippen LogP contribution is 2.14. The summed E-state index contributed by atoms with van der Waals surface area (Å²) in [6.07, 6.45) is 3.92. The third-order valence-corrected chi connectivity index (χ3v) is 3.07. The van der Waals surface area contributed by atoms with Gasteiger partial charge in [0.15, 0.2) is 0 Å². The predicted molar refractivity (Wildman–Crippen MR) is 77.0 cm³/mol. The van der Waals surface area contributed by atoms with E-state index in [1.165, 1.54) is 5.69 Å². The van der Waals surface area contributed by atoms with E-state index in [1.807, 2.05) is 17.8 Å². The fraction of sp³-hybridized carbons (Fsp3) is 0.571. The second-order valence-corrected chi connectivity index (χ2v) is 5.24. The normalized spacial score (nSPS) is 11.2. The summed E-state index contributed by atoms with van der Waals surface area (Å²) in [5, 5.41) is 12.2. The maximum atomic E-state index is 4.43. The molecule has 0 aromatic carbocycles. The van der Waals surface area contributed by atoms with Crippen molar-refractivity contribution in [2.75, 3.05) is 5.32 Å². The summed E-state index contributed by atoms with van der Waals surface area (Å²) >= 11 is 0. The Bertz CT molecular complexity index is 524. The predicted octanol–water partition coefficient (Wildman–Crippen LogP) is 2.68. The van der Waals surface area contributed by atoms with Crippen LogP contribution in [0, 0.1) is 12.8 Å². The molecule has 0 aliphatic rings. The van der Waals surface area contributed by atoms with Gasteiger partial charge >= 0.3 is 0 Å². The van der Waals surface area contributed by atoms with Crippen LogP contribution in [0.1, 0.15) is 32.2 Å². The molecule has 0 unspecified atom stereocenters. The van der Waals surface area contributed by atoms with E-state index in [9.17, 15) is 0 Å². The van der Waals surface area contributed by atoms with Crippen LogP contribution in [0.4, 0.5) is 5.69 Å². The highest BCUT2D eigenvalue weighted by Gasteiger charge is 2.07. The highest BCUT2D eigenvalue weighted by atomic mass is 15.3. The van der Waals surface area contributed by atoms with Gasteiger partial charge in [-0.2, -0.15) is 10.2 Å². The molecule has 0 saturated carbocycles. The molecule has 5 nitrogen and oxygen atoms in total. The maximum Gasteiger partial charge on any atom is 0.0825 e. The molecule has 2 rings (SSSR count). The van der Waals surface area contributed by atoms with E-state index in [0.29, 0.717) is 5.92 Å². The van der Waals surface area contributed by atoms with Gasteiger partial charge in [-0.05, 0) is 25.8 Å². The Labute approximate surface area is 114 Å². The van der Waals surface area contributed by atoms with Crippen LogP contribution < -0.4 is 5.32 Å². The Morgan fingerprint density at radius 3 is 2.79 bits per heavy atom. The van der Waals surface area contributed by atoms with Gasteiger partial charge in [0.2, 0.25) is 0 Å². The first-order valence-corrected chi connectivity index (χ1v) is 6.88. The highest BCUT2D eigenvalue weighted by molar-refractivity contribution is 5.45. The molecule has 2 aromatic rings. The first-order chi connectivity index (χ1) is 9.10. The van der Waals surface area contributed by atoms with Crippen molar-refractivity contribution in [3.05, 3.63) is 29.8 Å². The van der Waals surface area contributed by atoms with Crippen molar-refractivity contribution in [3.8, 4) is 0 Å². The minimum atomic E-state index is 0.600. The number of aromatic nitrogens is 4. The lowest BCUT2D eigenvalue weighted by molar-refractivity contribution is 0.470. The fourth-order valence-corrected chi connectivity index (χ4v) is 2.06. The van der Waals surface area contributed by atoms with Gasteiger partial charge in [-0.15, -0.1) is 0 Å². The van der Waals surface area contributed by atoms with Gasteiger partial charge in [0.1, 0.15) is 0 Å². The molecule has 104 valence electrons. The number of hydrogen-bond donors (Lipinski definition) is 1. The third-order valence-electron chi connectivity index (χ3n) is 3.07. The van der Waals surface area contributed by atoms with Crippen molar-refractivity contribution in [1.82, 2.24) is 19.6 Å². The van der Waals surface area contributed by atoms with E-state index >= 15 is 0 Å². The monoisotopic (exact) mass is 261 g/mol. The van der Waals surface area contributed by atoms with Crippen molar-refractivity contribution in [3.63, 3.8) is 0 Å². The average molecular weight is 261 g/mol. The van der Waals surface area contributed by atoms with E-state index in [0.717, 1.165) is 31.0 Å². The van der Waals surface area contributed by atoms with Crippen molar-refractivity contribution in [1.29, 1.82) is 0 Å². The summed E-state index contributed by atoms with van der Waals surface area (Å²) in [5.74, 6) is 0.600. The maximum absolute atomic E-state index is 4.43. The summed E-state index contributed by atoms with van der Waals surface area (Å²) < 4.78 is 4.01. The number of nitrogens with zero attached hydrogens (tertiary/aromatic N) is 4. The standard InChI is InChI=1S/C14H23N5/c1-5-18-10-14(12(4)17-18)15-8-13-6-7-16-19(13)9-11(2)3/h6-7,10-11,15H,5,8-9H2,1-4H3. The molecule has 2 aromatic heterocycles. The van der Waals surface area contributed by atoms with Gasteiger partial charge in [0.25, 0.3) is 0 Å². The van der Waals surface area contributed by atoms with Gasteiger partial charge in [-0.25, -0.2) is 0 Å². The summed E-state index contributed by atoms with van der Waals surface area (Å²) in [6.45, 7) is 11.2. The third kappa shape index (κ3) is 3.36. The van der Waals surface area contributed by atoms with Crippen LogP contribution in [-0.2, 0) is 19.6 Å². The Balaban J connectivity index is 2.02. The van der Waals surface area contributed by atoms with Gasteiger partial charge in [-0.1, -0.05) is 13.8 Å². The minimum absolute atomic E-state index is 0.600. The zero-order valence-electron chi connectivity index (χ0n) is 12.2. The molecule has 2 heterocycles. The molecule has 5 heteroatoms. The largest absolute Gasteiger partial charge is 0.377 e. The zero-order valence-corrected chi connectivity index (χ0v) is 12.2. The summed E-state index contributed by atoms with van der Waals surface area (Å²) in [5.41, 5.74) is 3.34. The Hall–Kier alpha value is -1.78. The van der Waals surface area contributed by atoms with E-state index in [-0.39, 0.29) is 0 Å². The zero-order chi connectivity index (χ0) is 13.8. The number of hydrogen-bond acceptors (Lipinski definition) is 3. The SMILES string of the molecule is CCn1cc(NCc2ccnn2CC(C)C)c(C)n1. The lowest BCUT2D eigenvalue weighted by atomic mass is 10.2. The molecule has 1 N–H and O–H groups in total. The van der Waals surface area contributed by atoms with Gasteiger partial charge < -0.3 is 5.32 Å². The molecule has 0 bridgehead atoms. The van der Waals surface area contributed by atoms with Crippen molar-refractivity contribution in [2.24, 2.45) is 5.92 Å². The molecule has 0 fully saturated rings. The molecule has 0 amide bonds. The number of rotatable bonds is 6. The summed E-state index contributed by atoms with van der Waals surface area (Å²) in [6, 6.07) is 2.06. The van der Waals surface area contributed by atoms with E-state index in [4.69, 9.17) is 0 Å². The van der Waals surface area contributed by atoms with Crippen LogP contribution in [0.15, 0.2) is 18.5 Å². The summed E-state index contributed by atoms with van der Waals surface area (Å²) in [4.78, 5) is 0. The van der Waals surface area contributed by atoms with Crippen LogP contribution >= 0.6 is 0 Å². The molecule has 0 aliphatic carbocycles. The second-order valence-electron chi connectivity index (χ2n) is 5.24. The Kier molecular flexibility index (Phi) is 4.24. The van der Waals surface area contributed by atoms with Gasteiger partial charge in [0, 0.05) is 25.5 Å². The van der Waals surface area contributed by atoms with E-state index < -0.39 is 0 Å². The lowest BCUT2D eigenvalue weighted by Gasteiger charge is -2.10. The van der Waals surface area contributed by atoms with Gasteiger partial charge in [-0.3, -0.25) is 9.36 Å². The molecule has 0 spiro atoms. The van der Waals surface area contributed by atoms with Crippen LogP contribution in [0.25, 0.3) is 0 Å². The minimum Gasteiger partial charge on any atom is -0.377 e. The number of aryl methyl sites for hydroxylation is 2. The van der Waals surface area contributed by atoms with Crippen molar-refractivity contribution >= 4 is 5.69 Å². The number of nitrogens with one attached hydrogen (secondary N) is 1. The van der Waals surface area contributed by atoms with E-state index in [1.54, 1.807) is 0 Å². The Morgan fingerprint density at radius 2 is 2.16 bits per heavy atom. The quantitative estimate of drug-likeness (QED) is 0.869. The lowest BCUT2D eigenvalue weighted by Crippen LogP contribution is -2.12. The average Bonchev–Trinajstić information content (AvgIpc) is 2.93. The molecule has 0 saturated heterocycles. The van der Waals surface area contributed by atoms with Crippen LogP contribution in [0.5, 0.6) is 0 Å². The first-order valence-electron chi connectivity index (χ1n) is 6.88. The van der Waals surface area contributed by atoms with Gasteiger partial charge in [0.05, 0.1) is 23.6 Å². The summed E-state index contributed by atoms with van der Waals surface area (Å²) in [7, 11) is 0. The first kappa shape index (κ1) is 13.6. The smallest absolute Gasteiger partial charge is 0.0825 e.